The SMILES string of the molecule is F[B-](F)(F)F.F[B-](F)(F)F.O=CC(=O)O.[H-].[Li+]. The van der Waals surface area contributed by atoms with Gasteiger partial charge in [-0.05, 0) is 0 Å². The normalized spacial score (nSPS) is 9.50. The first kappa shape index (κ1) is 24.5. The molecule has 0 unspecified atom stereocenters. The van der Waals surface area contributed by atoms with Crippen LogP contribution in [0.4, 0.5) is 34.5 Å². The number of halogens is 8. The Morgan fingerprint density at radius 1 is 0.938 bits per heavy atom. The molecular formula is C2H3B2F8LiO3-2. The number of hydrogen-bond acceptors (Lipinski definition) is 2. The summed E-state index contributed by atoms with van der Waals surface area (Å²) in [5.74, 6) is -1.43. The molecule has 0 spiro atoms. The van der Waals surface area contributed by atoms with Gasteiger partial charge in [0.25, 0.3) is 0 Å². The van der Waals surface area contributed by atoms with E-state index in [9.17, 15) is 34.5 Å². The average Bonchev–Trinajstić information content (AvgIpc) is 1.79. The van der Waals surface area contributed by atoms with E-state index >= 15 is 0 Å². The predicted octanol–water partition coefficient (Wildman–Crippen LogP) is -1.01. The smallest absolute Gasteiger partial charge is 1.00 e. The van der Waals surface area contributed by atoms with Crippen molar-refractivity contribution in [2.75, 3.05) is 0 Å². The van der Waals surface area contributed by atoms with Crippen LogP contribution in [0.2, 0.25) is 0 Å². The van der Waals surface area contributed by atoms with Crippen LogP contribution in [0.25, 0.3) is 0 Å². The molecule has 0 aromatic rings. The Morgan fingerprint density at radius 2 is 1.00 bits per heavy atom. The Balaban J connectivity index is -0.0000000400. The topological polar surface area (TPSA) is 54.4 Å². The van der Waals surface area contributed by atoms with Crippen molar-refractivity contribution < 1.29 is 69.5 Å². The maximum atomic E-state index is 9.75. The summed E-state index contributed by atoms with van der Waals surface area (Å²) < 4.78 is 78.0. The van der Waals surface area contributed by atoms with Gasteiger partial charge >= 0.3 is 39.3 Å². The van der Waals surface area contributed by atoms with Crippen LogP contribution in [-0.2, 0) is 9.59 Å². The summed E-state index contributed by atoms with van der Waals surface area (Å²) >= 11 is 0. The summed E-state index contributed by atoms with van der Waals surface area (Å²) in [6.07, 6.45) is -0.167. The van der Waals surface area contributed by atoms with Gasteiger partial charge in [-0.2, -0.15) is 0 Å². The van der Waals surface area contributed by atoms with E-state index in [-0.39, 0.29) is 26.6 Å². The van der Waals surface area contributed by atoms with Gasteiger partial charge in [0.2, 0.25) is 6.29 Å². The van der Waals surface area contributed by atoms with Crippen molar-refractivity contribution in [2.24, 2.45) is 0 Å². The van der Waals surface area contributed by atoms with Crippen molar-refractivity contribution in [1.29, 1.82) is 0 Å². The van der Waals surface area contributed by atoms with Crippen molar-refractivity contribution in [2.45, 2.75) is 0 Å². The molecule has 0 bridgehead atoms. The van der Waals surface area contributed by atoms with Crippen LogP contribution in [0.5, 0.6) is 0 Å². The maximum absolute atomic E-state index is 9.75. The molecule has 0 aliphatic heterocycles. The summed E-state index contributed by atoms with van der Waals surface area (Å²) in [7, 11) is -12.0. The van der Waals surface area contributed by atoms with Gasteiger partial charge in [-0.3, -0.25) is 4.79 Å². The molecule has 14 heteroatoms. The summed E-state index contributed by atoms with van der Waals surface area (Å²) in [5, 5.41) is 7.35. The van der Waals surface area contributed by atoms with E-state index in [4.69, 9.17) is 14.7 Å². The fraction of sp³-hybridized carbons (Fsp3) is 0. The first-order valence-electron chi connectivity index (χ1n) is 2.70. The first-order valence-corrected chi connectivity index (χ1v) is 2.70. The largest absolute Gasteiger partial charge is 1.00 e. The van der Waals surface area contributed by atoms with Crippen molar-refractivity contribution in [3.8, 4) is 0 Å². The van der Waals surface area contributed by atoms with Crippen LogP contribution in [0, 0.1) is 0 Å². The Hall–Kier alpha value is -0.693. The molecule has 0 saturated heterocycles. The fourth-order valence-corrected chi connectivity index (χ4v) is 0. The van der Waals surface area contributed by atoms with Gasteiger partial charge < -0.3 is 41.1 Å². The third-order valence-electron chi connectivity index (χ3n) is 0.101. The monoisotopic (exact) mass is 256 g/mol. The molecule has 3 nitrogen and oxygen atoms in total. The standard InChI is InChI=1S/C2H2O3.2BF4.Li.H/c3-1-2(4)5;2*2-1(3,4)5;;/h1H,(H,4,5);;;;/q;2*-1;+1;-1. The minimum Gasteiger partial charge on any atom is -1.00 e. The Labute approximate surface area is 97.1 Å². The molecule has 0 aromatic heterocycles. The number of carboxylic acid groups (broad SMARTS) is 1. The first-order chi connectivity index (χ1) is 6.27. The molecule has 0 fully saturated rings. The molecule has 0 aliphatic rings. The van der Waals surface area contributed by atoms with Crippen molar-refractivity contribution in [1.82, 2.24) is 0 Å². The Bertz CT molecular complexity index is 172. The van der Waals surface area contributed by atoms with E-state index in [1.54, 1.807) is 0 Å². The summed E-state index contributed by atoms with van der Waals surface area (Å²) in [4.78, 5) is 17.9. The molecule has 0 atom stereocenters. The van der Waals surface area contributed by atoms with Crippen LogP contribution in [-0.4, -0.2) is 31.9 Å². The third-order valence-corrected chi connectivity index (χ3v) is 0.101. The molecule has 0 saturated carbocycles. The molecule has 94 valence electrons. The van der Waals surface area contributed by atoms with E-state index < -0.39 is 20.5 Å². The second-order valence-electron chi connectivity index (χ2n) is 1.45. The second-order valence-corrected chi connectivity index (χ2v) is 1.45. The second kappa shape index (κ2) is 10.8. The van der Waals surface area contributed by atoms with Gasteiger partial charge in [0.05, 0.1) is 0 Å². The fourth-order valence-electron chi connectivity index (χ4n) is 0. The molecule has 16 heavy (non-hydrogen) atoms. The molecule has 1 N–H and O–H groups in total. The van der Waals surface area contributed by atoms with Gasteiger partial charge in [-0.1, -0.05) is 0 Å². The minimum atomic E-state index is -6.00. The average molecular weight is 256 g/mol. The van der Waals surface area contributed by atoms with Gasteiger partial charge in [-0.15, -0.1) is 0 Å². The van der Waals surface area contributed by atoms with E-state index in [0.29, 0.717) is 0 Å². The van der Waals surface area contributed by atoms with Gasteiger partial charge in [0, 0.05) is 0 Å². The predicted molar refractivity (Wildman–Crippen MR) is 35.2 cm³/mol. The molecule has 0 rings (SSSR count). The molecular weight excluding hydrogens is 253 g/mol. The molecule has 0 amide bonds. The van der Waals surface area contributed by atoms with E-state index in [1.165, 1.54) is 0 Å². The quantitative estimate of drug-likeness (QED) is 0.283. The minimum absolute atomic E-state index is 0. The van der Waals surface area contributed by atoms with Crippen LogP contribution in [0.3, 0.4) is 0 Å². The molecule has 0 heterocycles. The van der Waals surface area contributed by atoms with Gasteiger partial charge in [0.15, 0.2) is 0 Å². The molecule has 0 radical (unpaired) electrons. The number of aliphatic carboxylic acids is 1. The number of rotatable bonds is 1. The number of aldehydes is 1. The zero-order chi connectivity index (χ0) is 13.3. The number of carbonyl (C=O) groups excluding carboxylic acids is 1. The van der Waals surface area contributed by atoms with Crippen molar-refractivity contribution >= 4 is 26.8 Å². The number of carboxylic acids is 1. The summed E-state index contributed by atoms with van der Waals surface area (Å²) in [6.45, 7) is 0. The maximum Gasteiger partial charge on any atom is 1.00 e. The molecule has 0 aliphatic carbocycles. The Kier molecular flexibility index (Phi) is 16.6. The van der Waals surface area contributed by atoms with Crippen molar-refractivity contribution in [3.63, 3.8) is 0 Å². The van der Waals surface area contributed by atoms with E-state index in [0.717, 1.165) is 0 Å². The van der Waals surface area contributed by atoms with Crippen LogP contribution >= 0.6 is 0 Å². The summed E-state index contributed by atoms with van der Waals surface area (Å²) in [5.41, 5.74) is 0. The number of carbonyl (C=O) groups is 2. The van der Waals surface area contributed by atoms with E-state index in [2.05, 4.69) is 0 Å². The van der Waals surface area contributed by atoms with Crippen LogP contribution in [0.1, 0.15) is 1.43 Å². The van der Waals surface area contributed by atoms with Gasteiger partial charge in [-0.25, -0.2) is 4.79 Å². The molecule has 0 aromatic carbocycles. The van der Waals surface area contributed by atoms with Crippen LogP contribution < -0.4 is 18.9 Å². The number of hydrogen-bond donors (Lipinski definition) is 1. The third kappa shape index (κ3) is 1180. The zero-order valence-corrected chi connectivity index (χ0v) is 7.52. The zero-order valence-electron chi connectivity index (χ0n) is 8.52. The Morgan fingerprint density at radius 3 is 1.00 bits per heavy atom. The summed E-state index contributed by atoms with van der Waals surface area (Å²) in [6, 6.07) is 0. The van der Waals surface area contributed by atoms with Gasteiger partial charge in [0.1, 0.15) is 0 Å². The van der Waals surface area contributed by atoms with Crippen LogP contribution in [0.15, 0.2) is 0 Å². The van der Waals surface area contributed by atoms with Crippen molar-refractivity contribution in [3.05, 3.63) is 0 Å². The van der Waals surface area contributed by atoms with E-state index in [1.807, 2.05) is 0 Å².